The van der Waals surface area contributed by atoms with E-state index in [9.17, 15) is 19.2 Å². The Hall–Kier alpha value is -6.16. The first kappa shape index (κ1) is 46.0. The van der Waals surface area contributed by atoms with Crippen molar-refractivity contribution in [3.8, 4) is 28.1 Å². The van der Waals surface area contributed by atoms with E-state index in [2.05, 4.69) is 70.8 Å². The van der Waals surface area contributed by atoms with Gasteiger partial charge in [-0.3, -0.25) is 9.59 Å². The summed E-state index contributed by atoms with van der Waals surface area (Å²) in [6, 6.07) is 12.6. The van der Waals surface area contributed by atoms with E-state index in [1.165, 1.54) is 14.2 Å². The molecular weight excluding hydrogens is 853 g/mol. The molecule has 0 radical (unpaired) electrons. The van der Waals surface area contributed by atoms with Gasteiger partial charge in [0.05, 0.1) is 49.2 Å². The maximum absolute atomic E-state index is 14.5. The Balaban J connectivity index is 0.975. The quantitative estimate of drug-likeness (QED) is 0.0941. The van der Waals surface area contributed by atoms with Crippen LogP contribution in [-0.2, 0) is 30.4 Å². The predicted octanol–water partition coefficient (Wildman–Crippen LogP) is 8.72. The fourth-order valence-corrected chi connectivity index (χ4v) is 11.2. The van der Waals surface area contributed by atoms with E-state index in [0.717, 1.165) is 99.9 Å². The van der Waals surface area contributed by atoms with Gasteiger partial charge in [0.2, 0.25) is 11.8 Å². The van der Waals surface area contributed by atoms with Gasteiger partial charge < -0.3 is 49.3 Å². The second-order valence-corrected chi connectivity index (χ2v) is 19.2. The van der Waals surface area contributed by atoms with Crippen molar-refractivity contribution in [3.63, 3.8) is 0 Å². The van der Waals surface area contributed by atoms with Crippen molar-refractivity contribution in [1.82, 2.24) is 40.4 Å². The summed E-state index contributed by atoms with van der Waals surface area (Å²) in [6.07, 6.45) is 7.29. The molecule has 2 aromatic heterocycles. The molecule has 7 atom stereocenters. The third kappa shape index (κ3) is 8.80. The molecule has 0 spiro atoms. The van der Waals surface area contributed by atoms with Crippen LogP contribution in [0, 0.1) is 17.8 Å². The normalized spacial score (nSPS) is 21.9. The van der Waals surface area contributed by atoms with Crippen molar-refractivity contribution in [1.29, 1.82) is 0 Å². The highest BCUT2D eigenvalue weighted by molar-refractivity contribution is 6.07. The molecular formula is C51H64N8O8. The highest BCUT2D eigenvalue weighted by Crippen LogP contribution is 2.44. The molecule has 4 N–H and O–H groups in total. The Bertz CT molecular complexity index is 2650. The molecule has 5 heterocycles. The third-order valence-electron chi connectivity index (χ3n) is 14.9. The van der Waals surface area contributed by atoms with Crippen molar-refractivity contribution in [2.45, 2.75) is 129 Å². The number of nitrogens with zero attached hydrogens (tertiary/aromatic N) is 4. The molecule has 16 nitrogen and oxygen atoms in total. The van der Waals surface area contributed by atoms with Gasteiger partial charge in [-0.05, 0) is 116 Å². The first-order valence-corrected chi connectivity index (χ1v) is 24.1. The lowest BCUT2D eigenvalue weighted by molar-refractivity contribution is -0.140. The number of hydrogen-bond acceptors (Lipinski definition) is 10. The molecule has 5 aromatic rings. The lowest BCUT2D eigenvalue weighted by Gasteiger charge is -2.39. The summed E-state index contributed by atoms with van der Waals surface area (Å²) in [5.41, 5.74) is 6.58. The van der Waals surface area contributed by atoms with Crippen molar-refractivity contribution < 1.29 is 38.1 Å². The standard InChI is InChI=1S/C51H64N8O8/c1-8-34-14-17-41(59(34)49(61)44(57-51(63)65-7)30-18-20-66-21-19-30)47-52-25-39(54-47)32-12-15-35-33(22-32)26-67-42-24-36-31(23-37(35)42)13-16-38-45(36)55-46(53-38)29(5)58(40-11-9-10-28(40)4)48(60)43(27(2)3)56-50(62)64-6/h12-13,15-16,22-25,27-30,34,40-41,43-44H,8-11,14,17-21,26H2,1-7H3,(H,52,54)(H,53,55)(H,56,62)(H,57,63)/t28-,29+,34+,40+,41+,43+,44+/m1/s1. The van der Waals surface area contributed by atoms with Gasteiger partial charge in [0.15, 0.2) is 0 Å². The summed E-state index contributed by atoms with van der Waals surface area (Å²) < 4.78 is 21.9. The summed E-state index contributed by atoms with van der Waals surface area (Å²) in [7, 11) is 2.62. The Labute approximate surface area is 391 Å². The van der Waals surface area contributed by atoms with Gasteiger partial charge in [-0.2, -0.15) is 0 Å². The number of carbonyl (C=O) groups excluding carboxylic acids is 4. The molecule has 4 amide bonds. The van der Waals surface area contributed by atoms with Crippen molar-refractivity contribution in [2.24, 2.45) is 17.8 Å². The zero-order valence-electron chi connectivity index (χ0n) is 39.6. The fraction of sp³-hybridized carbons (Fsp3) is 0.529. The zero-order valence-corrected chi connectivity index (χ0v) is 39.6. The van der Waals surface area contributed by atoms with E-state index < -0.39 is 24.3 Å². The largest absolute Gasteiger partial charge is 0.488 e. The fourth-order valence-electron chi connectivity index (χ4n) is 11.2. The van der Waals surface area contributed by atoms with Crippen LogP contribution in [-0.4, -0.2) is 105 Å². The number of carbonyl (C=O) groups is 4. The number of ether oxygens (including phenoxy) is 4. The number of nitrogens with one attached hydrogen (secondary N) is 4. The van der Waals surface area contributed by atoms with Crippen LogP contribution in [0.25, 0.3) is 44.2 Å². The number of hydrogen-bond donors (Lipinski definition) is 4. The summed E-state index contributed by atoms with van der Waals surface area (Å²) in [4.78, 5) is 74.8. The van der Waals surface area contributed by atoms with E-state index >= 15 is 0 Å². The summed E-state index contributed by atoms with van der Waals surface area (Å²) in [5.74, 6) is 2.02. The number of benzene rings is 3. The summed E-state index contributed by atoms with van der Waals surface area (Å²) >= 11 is 0. The average Bonchev–Trinajstić information content (AvgIpc) is 4.18. The van der Waals surface area contributed by atoms with E-state index in [0.29, 0.717) is 44.4 Å². The molecule has 1 aliphatic carbocycles. The first-order valence-electron chi connectivity index (χ1n) is 24.1. The second kappa shape index (κ2) is 19.2. The Morgan fingerprint density at radius 1 is 0.910 bits per heavy atom. The van der Waals surface area contributed by atoms with E-state index in [4.69, 9.17) is 28.9 Å². The number of imidazole rings is 2. The van der Waals surface area contributed by atoms with Crippen molar-refractivity contribution >= 4 is 45.8 Å². The molecule has 1 saturated carbocycles. The maximum Gasteiger partial charge on any atom is 0.407 e. The Kier molecular flexibility index (Phi) is 13.2. The number of aromatic nitrogens is 4. The van der Waals surface area contributed by atoms with Gasteiger partial charge in [0.25, 0.3) is 0 Å². The number of alkyl carbamates (subject to hydrolysis) is 2. The minimum atomic E-state index is -0.749. The number of H-pyrrole nitrogens is 2. The number of aromatic amines is 2. The highest BCUT2D eigenvalue weighted by atomic mass is 16.5. The number of rotatable bonds is 12. The molecule has 67 heavy (non-hydrogen) atoms. The first-order chi connectivity index (χ1) is 32.4. The molecule has 3 aliphatic heterocycles. The number of fused-ring (bicyclic) bond motifs is 6. The molecule has 0 unspecified atom stereocenters. The second-order valence-electron chi connectivity index (χ2n) is 19.2. The van der Waals surface area contributed by atoms with Crippen LogP contribution in [0.3, 0.4) is 0 Å². The molecule has 356 valence electrons. The third-order valence-corrected chi connectivity index (χ3v) is 14.9. The number of amides is 4. The van der Waals surface area contributed by atoms with Crippen molar-refractivity contribution in [2.75, 3.05) is 27.4 Å². The Morgan fingerprint density at radius 2 is 1.69 bits per heavy atom. The van der Waals surface area contributed by atoms with E-state index in [-0.39, 0.29) is 47.8 Å². The van der Waals surface area contributed by atoms with Crippen LogP contribution in [0.4, 0.5) is 9.59 Å². The summed E-state index contributed by atoms with van der Waals surface area (Å²) in [5, 5.41) is 7.62. The lowest BCUT2D eigenvalue weighted by Crippen LogP contribution is -2.55. The van der Waals surface area contributed by atoms with Gasteiger partial charge in [-0.1, -0.05) is 52.3 Å². The smallest absolute Gasteiger partial charge is 0.407 e. The van der Waals surface area contributed by atoms with Crippen LogP contribution < -0.4 is 15.4 Å². The predicted molar refractivity (Wildman–Crippen MR) is 253 cm³/mol. The minimum Gasteiger partial charge on any atom is -0.488 e. The maximum atomic E-state index is 14.5. The van der Waals surface area contributed by atoms with Crippen molar-refractivity contribution in [3.05, 3.63) is 65.9 Å². The average molecular weight is 917 g/mol. The van der Waals surface area contributed by atoms with Crippen LogP contribution >= 0.6 is 0 Å². The minimum absolute atomic E-state index is 0.00452. The van der Waals surface area contributed by atoms with Crippen LogP contribution in [0.5, 0.6) is 5.75 Å². The molecule has 3 fully saturated rings. The monoisotopic (exact) mass is 916 g/mol. The highest BCUT2D eigenvalue weighted by Gasteiger charge is 2.44. The summed E-state index contributed by atoms with van der Waals surface area (Å²) in [6.45, 7) is 11.6. The molecule has 4 aliphatic rings. The van der Waals surface area contributed by atoms with Gasteiger partial charge >= 0.3 is 12.2 Å². The molecule has 2 saturated heterocycles. The van der Waals surface area contributed by atoms with Crippen LogP contribution in [0.1, 0.15) is 115 Å². The topological polar surface area (TPSA) is 193 Å². The molecule has 3 aromatic carbocycles. The van der Waals surface area contributed by atoms with Gasteiger partial charge in [-0.15, -0.1) is 0 Å². The molecule has 16 heteroatoms. The Morgan fingerprint density at radius 3 is 2.40 bits per heavy atom. The SMILES string of the molecule is CC[C@H]1CC[C@@H](c2ncc(-c3ccc4c(c3)COc3cc5c(ccc6[nH]c([C@H](C)N(C(=O)[C@@H](NC(=O)OC)C(C)C)[C@H]7CCC[C@H]7C)nc65)cc3-4)[nH]2)N1C(=O)[C@@H](NC(=O)OC)C1CCOCC1. The van der Waals surface area contributed by atoms with E-state index in [1.807, 2.05) is 42.8 Å². The number of likely N-dealkylation sites (tertiary alicyclic amines) is 1. The number of methoxy groups -OCH3 is 2. The van der Waals surface area contributed by atoms with E-state index in [1.54, 1.807) is 0 Å². The molecule has 9 rings (SSSR count). The zero-order chi connectivity index (χ0) is 47.1. The van der Waals surface area contributed by atoms with Crippen LogP contribution in [0.15, 0.2) is 48.7 Å². The van der Waals surface area contributed by atoms with Gasteiger partial charge in [0.1, 0.15) is 36.1 Å². The van der Waals surface area contributed by atoms with Gasteiger partial charge in [0, 0.05) is 36.2 Å². The molecule has 0 bridgehead atoms. The van der Waals surface area contributed by atoms with Gasteiger partial charge in [-0.25, -0.2) is 19.6 Å². The van der Waals surface area contributed by atoms with Crippen LogP contribution in [0.2, 0.25) is 0 Å². The lowest BCUT2D eigenvalue weighted by atomic mass is 9.90.